The van der Waals surface area contributed by atoms with E-state index in [0.29, 0.717) is 34.6 Å². The molecule has 8 nitrogen and oxygen atoms in total. The van der Waals surface area contributed by atoms with Crippen LogP contribution in [0, 0.1) is 0 Å². The quantitative estimate of drug-likeness (QED) is 0.121. The summed E-state index contributed by atoms with van der Waals surface area (Å²) in [7, 11) is 0. The number of benzene rings is 14. The first kappa shape index (κ1) is 62.1. The predicted molar refractivity (Wildman–Crippen MR) is 427 cm³/mol. The van der Waals surface area contributed by atoms with E-state index in [-0.39, 0.29) is 0 Å². The van der Waals surface area contributed by atoms with Crippen molar-refractivity contribution in [3.05, 3.63) is 372 Å². The van der Waals surface area contributed by atoms with Gasteiger partial charge in [0.05, 0.1) is 49.9 Å². The lowest BCUT2D eigenvalue weighted by Crippen LogP contribution is -1.99. The summed E-state index contributed by atoms with van der Waals surface area (Å²) in [5.74, 6) is 2.63. The molecule has 14 aromatic carbocycles. The van der Waals surface area contributed by atoms with Crippen molar-refractivity contribution in [2.45, 2.75) is 12.8 Å². The molecule has 19 aromatic rings. The molecule has 5 aromatic heterocycles. The van der Waals surface area contributed by atoms with Gasteiger partial charge in [0.2, 0.25) is 0 Å². The maximum absolute atomic E-state index is 6.61. The van der Waals surface area contributed by atoms with Gasteiger partial charge in [0, 0.05) is 94.2 Å². The average molecular weight is 1380 g/mol. The normalized spacial score (nSPS) is 11.8. The molecule has 0 fully saturated rings. The Morgan fingerprint density at radius 3 is 1.41 bits per heavy atom. The van der Waals surface area contributed by atoms with Crippen molar-refractivity contribution in [3.8, 4) is 102 Å². The monoisotopic (exact) mass is 1370 g/mol. The van der Waals surface area contributed by atoms with Crippen molar-refractivity contribution in [3.63, 3.8) is 0 Å². The Kier molecular flexibility index (Phi) is 15.6. The molecule has 0 aliphatic heterocycles. The maximum Gasteiger partial charge on any atom is 0.160 e. The standard InChI is InChI=1S/C47H31Cl2N3O.C47H29N3O/c48-40-19-8-7-16-34(40)26-31-22-24-38-39-25-23-37(53-46-21-10-9-20-41(46)49)29-45(39)52(44(38)27-31)36-18-11-17-35(28-36)47-50-42(32-12-3-1-4-13-32)30-43(51-47)33-14-5-2-6-15-33;1-3-12-29(13-4-1)41-27-42(30-14-5-2-6-15-30)49-47(48-41)32-17-11-18-34(23-32)50-43-24-33-22-31-16-7-8-19-35(31)37(33)25-38(43)39-26-40-36-20-9-10-21-45(36)51-46(40)28-44(39)50/h1-25,27-30H,26H2;1-21,23-28H,22H2. The Labute approximate surface area is 609 Å². The first-order chi connectivity index (χ1) is 51.3. The van der Waals surface area contributed by atoms with E-state index in [1.54, 1.807) is 0 Å². The number of halogens is 2. The third-order valence-corrected chi connectivity index (χ3v) is 20.5. The molecule has 0 saturated carbocycles. The molecule has 0 bridgehead atoms. The lowest BCUT2D eigenvalue weighted by molar-refractivity contribution is 0.483. The summed E-state index contributed by atoms with van der Waals surface area (Å²) < 4.78 is 17.5. The van der Waals surface area contributed by atoms with Gasteiger partial charge in [-0.3, -0.25) is 0 Å². The van der Waals surface area contributed by atoms with Gasteiger partial charge >= 0.3 is 0 Å². The lowest BCUT2D eigenvalue weighted by Gasteiger charge is -2.13. The fourth-order valence-electron chi connectivity index (χ4n) is 14.9. The van der Waals surface area contributed by atoms with Crippen LogP contribution in [0.4, 0.5) is 0 Å². The zero-order valence-corrected chi connectivity index (χ0v) is 57.5. The number of ether oxygens (including phenoxy) is 1. The van der Waals surface area contributed by atoms with Gasteiger partial charge in [-0.2, -0.15) is 0 Å². The Morgan fingerprint density at radius 2 is 0.808 bits per heavy atom. The molecule has 5 heterocycles. The summed E-state index contributed by atoms with van der Waals surface area (Å²) >= 11 is 13.1. The molecule has 0 saturated heterocycles. The highest BCUT2D eigenvalue weighted by molar-refractivity contribution is 6.32. The summed E-state index contributed by atoms with van der Waals surface area (Å²) in [5.41, 5.74) is 25.3. The number of furan rings is 1. The topological polar surface area (TPSA) is 83.8 Å². The predicted octanol–water partition coefficient (Wildman–Crippen LogP) is 25.3. The molecule has 0 spiro atoms. The first-order valence-electron chi connectivity index (χ1n) is 34.8. The van der Waals surface area contributed by atoms with E-state index in [9.17, 15) is 0 Å². The summed E-state index contributed by atoms with van der Waals surface area (Å²) in [6.07, 6.45) is 1.64. The van der Waals surface area contributed by atoms with Gasteiger partial charge in [-0.25, -0.2) is 19.9 Å². The molecule has 1 aliphatic rings. The van der Waals surface area contributed by atoms with Gasteiger partial charge in [-0.15, -0.1) is 0 Å². The lowest BCUT2D eigenvalue weighted by atomic mass is 10.0. The molecule has 0 radical (unpaired) electrons. The van der Waals surface area contributed by atoms with E-state index in [0.717, 1.165) is 139 Å². The summed E-state index contributed by atoms with van der Waals surface area (Å²) in [5, 5.41) is 8.25. The Hall–Kier alpha value is -13.0. The molecular formula is C94H60Cl2N6O2. The fourth-order valence-corrected chi connectivity index (χ4v) is 15.3. The number of rotatable bonds is 12. The van der Waals surface area contributed by atoms with Gasteiger partial charge in [-0.1, -0.05) is 254 Å². The highest BCUT2D eigenvalue weighted by Gasteiger charge is 2.25. The number of hydrogen-bond acceptors (Lipinski definition) is 6. The van der Waals surface area contributed by atoms with Crippen LogP contribution in [-0.4, -0.2) is 29.1 Å². The van der Waals surface area contributed by atoms with Crippen LogP contribution in [-0.2, 0) is 12.8 Å². The molecule has 0 atom stereocenters. The molecule has 10 heteroatoms. The van der Waals surface area contributed by atoms with E-state index in [1.165, 1.54) is 38.5 Å². The number of nitrogens with zero attached hydrogens (tertiary/aromatic N) is 6. The van der Waals surface area contributed by atoms with Crippen molar-refractivity contribution in [1.29, 1.82) is 0 Å². The highest BCUT2D eigenvalue weighted by Crippen LogP contribution is 2.46. The van der Waals surface area contributed by atoms with Crippen LogP contribution in [0.2, 0.25) is 10.0 Å². The smallest absolute Gasteiger partial charge is 0.160 e. The van der Waals surface area contributed by atoms with Gasteiger partial charge in [-0.05, 0) is 143 Å². The highest BCUT2D eigenvalue weighted by atomic mass is 35.5. The van der Waals surface area contributed by atoms with Crippen LogP contribution in [0.1, 0.15) is 22.3 Å². The molecular weight excluding hydrogens is 1320 g/mol. The van der Waals surface area contributed by atoms with Gasteiger partial charge in [0.25, 0.3) is 0 Å². The van der Waals surface area contributed by atoms with Crippen molar-refractivity contribution < 1.29 is 9.15 Å². The van der Waals surface area contributed by atoms with Crippen molar-refractivity contribution in [1.82, 2.24) is 29.1 Å². The van der Waals surface area contributed by atoms with E-state index < -0.39 is 0 Å². The van der Waals surface area contributed by atoms with Crippen LogP contribution in [0.15, 0.2) is 344 Å². The zero-order chi connectivity index (χ0) is 69.2. The molecule has 104 heavy (non-hydrogen) atoms. The van der Waals surface area contributed by atoms with Crippen LogP contribution < -0.4 is 4.74 Å². The van der Waals surface area contributed by atoms with E-state index >= 15 is 0 Å². The minimum Gasteiger partial charge on any atom is -0.456 e. The maximum atomic E-state index is 6.61. The second kappa shape index (κ2) is 26.2. The number of fused-ring (bicyclic) bond motifs is 12. The van der Waals surface area contributed by atoms with E-state index in [2.05, 4.69) is 240 Å². The molecule has 492 valence electrons. The Morgan fingerprint density at radius 1 is 0.317 bits per heavy atom. The van der Waals surface area contributed by atoms with Gasteiger partial charge in [0.1, 0.15) is 22.7 Å². The number of aromatic nitrogens is 6. The second-order valence-electron chi connectivity index (χ2n) is 26.3. The molecule has 0 N–H and O–H groups in total. The van der Waals surface area contributed by atoms with Crippen LogP contribution >= 0.6 is 23.2 Å². The largest absolute Gasteiger partial charge is 0.456 e. The zero-order valence-electron chi connectivity index (χ0n) is 56.0. The molecule has 0 amide bonds. The van der Waals surface area contributed by atoms with E-state index in [1.807, 2.05) is 109 Å². The first-order valence-corrected chi connectivity index (χ1v) is 35.5. The average Bonchev–Trinajstić information content (AvgIpc) is 1.57. The van der Waals surface area contributed by atoms with Crippen molar-refractivity contribution in [2.24, 2.45) is 0 Å². The summed E-state index contributed by atoms with van der Waals surface area (Å²) in [6, 6.07) is 117. The third kappa shape index (κ3) is 11.5. The van der Waals surface area contributed by atoms with Gasteiger partial charge in [0.15, 0.2) is 11.6 Å². The minimum atomic E-state index is 0.553. The number of para-hydroxylation sites is 2. The summed E-state index contributed by atoms with van der Waals surface area (Å²) in [4.78, 5) is 20.5. The van der Waals surface area contributed by atoms with Crippen LogP contribution in [0.5, 0.6) is 11.5 Å². The number of hydrogen-bond donors (Lipinski definition) is 0. The SMILES string of the molecule is Clc1ccccc1Cc1ccc2c3ccc(Oc4ccccc4Cl)cc3n(-c3cccc(-c4nc(-c5ccccc5)cc(-c5ccccc5)n4)c3)c2c1.c1ccc(-c2cc(-c3ccccc3)nc(-c3cccc(-n4c5cc6c(cc5c5cc7c(cc54)oc4ccccc47)-c4ccccc4C6)c3)n2)cc1. The molecule has 1 aliphatic carbocycles. The van der Waals surface area contributed by atoms with Crippen molar-refractivity contribution >= 4 is 88.8 Å². The van der Waals surface area contributed by atoms with Crippen molar-refractivity contribution in [2.75, 3.05) is 0 Å². The second-order valence-corrected chi connectivity index (χ2v) is 27.1. The molecule has 20 rings (SSSR count). The minimum absolute atomic E-state index is 0.553. The summed E-state index contributed by atoms with van der Waals surface area (Å²) in [6.45, 7) is 0. The third-order valence-electron chi connectivity index (χ3n) is 19.9. The molecule has 0 unspecified atom stereocenters. The van der Waals surface area contributed by atoms with E-state index in [4.69, 9.17) is 52.3 Å². The van der Waals surface area contributed by atoms with Crippen LogP contribution in [0.25, 0.3) is 156 Å². The Balaban J connectivity index is 0.000000143. The van der Waals surface area contributed by atoms with Crippen LogP contribution in [0.3, 0.4) is 0 Å². The Bertz CT molecular complexity index is 6330. The van der Waals surface area contributed by atoms with Gasteiger partial charge < -0.3 is 18.3 Å². The fraction of sp³-hybridized carbons (Fsp3) is 0.0213.